The van der Waals surface area contributed by atoms with E-state index in [4.69, 9.17) is 4.74 Å². The number of halogens is 2. The van der Waals surface area contributed by atoms with Crippen molar-refractivity contribution >= 4 is 0 Å². The number of benzene rings is 1. The zero-order valence-corrected chi connectivity index (χ0v) is 18.3. The Labute approximate surface area is 179 Å². The number of aromatic nitrogens is 2. The number of unbranched alkanes of at least 4 members (excludes halogenated alkanes) is 3. The molecule has 1 fully saturated rings. The van der Waals surface area contributed by atoms with Gasteiger partial charge in [-0.2, -0.15) is 14.6 Å². The Morgan fingerprint density at radius 3 is 2.43 bits per heavy atom. The van der Waals surface area contributed by atoms with E-state index in [0.29, 0.717) is 12.3 Å². The van der Waals surface area contributed by atoms with Gasteiger partial charge >= 0.3 is 0 Å². The summed E-state index contributed by atoms with van der Waals surface area (Å²) in [6.07, 6.45) is 11.3. The number of aryl methyl sites for hydroxylation is 1. The van der Waals surface area contributed by atoms with E-state index < -0.39 is 11.6 Å². The van der Waals surface area contributed by atoms with Crippen LogP contribution in [0.25, 0.3) is 11.3 Å². The summed E-state index contributed by atoms with van der Waals surface area (Å²) in [5.74, 6) is -0.309. The highest BCUT2D eigenvalue weighted by molar-refractivity contribution is 5.61. The van der Waals surface area contributed by atoms with E-state index >= 15 is 0 Å². The fraction of sp³-hybridized carbons (Fsp3) is 0.600. The van der Waals surface area contributed by atoms with Gasteiger partial charge < -0.3 is 4.74 Å². The summed E-state index contributed by atoms with van der Waals surface area (Å²) in [6, 6.07) is 6.61. The van der Waals surface area contributed by atoms with Gasteiger partial charge in [0, 0.05) is 5.56 Å². The van der Waals surface area contributed by atoms with Crippen LogP contribution in [0.3, 0.4) is 0 Å². The van der Waals surface area contributed by atoms with Crippen molar-refractivity contribution in [1.29, 1.82) is 0 Å². The molecule has 2 aromatic rings. The van der Waals surface area contributed by atoms with Crippen molar-refractivity contribution in [3.8, 4) is 17.0 Å². The van der Waals surface area contributed by atoms with Crippen molar-refractivity contribution in [3.05, 3.63) is 41.6 Å². The summed E-state index contributed by atoms with van der Waals surface area (Å²) in [5.41, 5.74) is 1.37. The molecule has 3 rings (SSSR count). The van der Waals surface area contributed by atoms with Gasteiger partial charge in [0.2, 0.25) is 5.82 Å². The second-order valence-corrected chi connectivity index (χ2v) is 8.72. The Morgan fingerprint density at radius 2 is 1.73 bits per heavy atom. The summed E-state index contributed by atoms with van der Waals surface area (Å²) in [5, 5.41) is 8.41. The maximum absolute atomic E-state index is 14.6. The summed E-state index contributed by atoms with van der Waals surface area (Å²) < 4.78 is 34.4. The highest BCUT2D eigenvalue weighted by atomic mass is 19.2. The Morgan fingerprint density at radius 1 is 0.933 bits per heavy atom. The minimum atomic E-state index is -0.958. The van der Waals surface area contributed by atoms with Crippen LogP contribution in [-0.4, -0.2) is 16.8 Å². The second kappa shape index (κ2) is 11.4. The van der Waals surface area contributed by atoms with Gasteiger partial charge in [0.05, 0.1) is 18.0 Å². The molecule has 1 aromatic heterocycles. The number of nitrogens with zero attached hydrogens (tertiary/aromatic N) is 2. The summed E-state index contributed by atoms with van der Waals surface area (Å²) in [7, 11) is 0. The molecule has 0 radical (unpaired) electrons. The standard InChI is InChI=1S/C25H34F2N2O/c1-3-4-5-6-17-30-23-16-14-21(24(26)25(23)27)22-15-13-20(28-29-22)12-11-19-9-7-18(2)8-10-19/h13-16,18-19H,3-12,17H2,1-2H3. The monoisotopic (exact) mass is 416 g/mol. The molecule has 0 N–H and O–H groups in total. The lowest BCUT2D eigenvalue weighted by Gasteiger charge is -2.25. The summed E-state index contributed by atoms with van der Waals surface area (Å²) >= 11 is 0. The molecular formula is C25H34F2N2O. The first kappa shape index (κ1) is 22.6. The Kier molecular flexibility index (Phi) is 8.59. The van der Waals surface area contributed by atoms with Crippen LogP contribution in [-0.2, 0) is 6.42 Å². The molecule has 0 spiro atoms. The molecule has 164 valence electrons. The maximum Gasteiger partial charge on any atom is 0.201 e. The molecule has 1 saturated carbocycles. The van der Waals surface area contributed by atoms with E-state index in [2.05, 4.69) is 24.0 Å². The normalized spacial score (nSPS) is 19.1. The molecule has 5 heteroatoms. The lowest BCUT2D eigenvalue weighted by atomic mass is 9.81. The molecule has 0 atom stereocenters. The predicted molar refractivity (Wildman–Crippen MR) is 116 cm³/mol. The first-order chi connectivity index (χ1) is 14.6. The van der Waals surface area contributed by atoms with Crippen molar-refractivity contribution in [2.45, 2.75) is 78.1 Å². The Hall–Kier alpha value is -2.04. The van der Waals surface area contributed by atoms with E-state index in [1.54, 1.807) is 6.07 Å². The molecule has 1 aliphatic carbocycles. The summed E-state index contributed by atoms with van der Waals surface area (Å²) in [4.78, 5) is 0. The highest BCUT2D eigenvalue weighted by Crippen LogP contribution is 2.31. The molecule has 0 aliphatic heterocycles. The van der Waals surface area contributed by atoms with E-state index in [-0.39, 0.29) is 11.3 Å². The van der Waals surface area contributed by atoms with Crippen molar-refractivity contribution < 1.29 is 13.5 Å². The molecule has 0 saturated heterocycles. The number of hydrogen-bond acceptors (Lipinski definition) is 3. The fourth-order valence-electron chi connectivity index (χ4n) is 4.16. The van der Waals surface area contributed by atoms with E-state index in [1.807, 2.05) is 6.07 Å². The van der Waals surface area contributed by atoms with Crippen LogP contribution in [0.4, 0.5) is 8.78 Å². The second-order valence-electron chi connectivity index (χ2n) is 8.72. The third-order valence-corrected chi connectivity index (χ3v) is 6.24. The average molecular weight is 417 g/mol. The molecule has 1 heterocycles. The zero-order chi connectivity index (χ0) is 21.3. The van der Waals surface area contributed by atoms with Gasteiger partial charge in [-0.1, -0.05) is 58.8 Å². The largest absolute Gasteiger partial charge is 0.490 e. The maximum atomic E-state index is 14.6. The van der Waals surface area contributed by atoms with E-state index in [0.717, 1.165) is 56.1 Å². The van der Waals surface area contributed by atoms with Gasteiger partial charge in [0.25, 0.3) is 0 Å². The van der Waals surface area contributed by atoms with Gasteiger partial charge in [-0.15, -0.1) is 0 Å². The minimum Gasteiger partial charge on any atom is -0.490 e. The van der Waals surface area contributed by atoms with Crippen LogP contribution in [0.15, 0.2) is 24.3 Å². The highest BCUT2D eigenvalue weighted by Gasteiger charge is 2.19. The minimum absolute atomic E-state index is 0.0425. The van der Waals surface area contributed by atoms with Crippen LogP contribution >= 0.6 is 0 Å². The SMILES string of the molecule is CCCCCCOc1ccc(-c2ccc(CCC3CCC(C)CC3)nn2)c(F)c1F. The summed E-state index contributed by atoms with van der Waals surface area (Å²) in [6.45, 7) is 4.85. The van der Waals surface area contributed by atoms with Crippen molar-refractivity contribution in [2.24, 2.45) is 11.8 Å². The lowest BCUT2D eigenvalue weighted by Crippen LogP contribution is -2.13. The van der Waals surface area contributed by atoms with Crippen LogP contribution < -0.4 is 4.74 Å². The molecule has 0 bridgehead atoms. The third-order valence-electron chi connectivity index (χ3n) is 6.24. The fourth-order valence-corrected chi connectivity index (χ4v) is 4.16. The lowest BCUT2D eigenvalue weighted by molar-refractivity contribution is 0.277. The van der Waals surface area contributed by atoms with Crippen LogP contribution in [0.2, 0.25) is 0 Å². The topological polar surface area (TPSA) is 35.0 Å². The van der Waals surface area contributed by atoms with Crippen LogP contribution in [0.5, 0.6) is 5.75 Å². The third kappa shape index (κ3) is 6.23. The number of rotatable bonds is 10. The molecule has 1 aliphatic rings. The van der Waals surface area contributed by atoms with Gasteiger partial charge in [-0.25, -0.2) is 4.39 Å². The van der Waals surface area contributed by atoms with Crippen LogP contribution in [0, 0.1) is 23.5 Å². The van der Waals surface area contributed by atoms with Crippen molar-refractivity contribution in [1.82, 2.24) is 10.2 Å². The Balaban J connectivity index is 1.56. The first-order valence-corrected chi connectivity index (χ1v) is 11.5. The van der Waals surface area contributed by atoms with E-state index in [1.165, 1.54) is 37.8 Å². The van der Waals surface area contributed by atoms with Crippen molar-refractivity contribution in [3.63, 3.8) is 0 Å². The van der Waals surface area contributed by atoms with Crippen molar-refractivity contribution in [2.75, 3.05) is 6.61 Å². The molecule has 0 unspecified atom stereocenters. The number of ether oxygens (including phenoxy) is 1. The smallest absolute Gasteiger partial charge is 0.201 e. The first-order valence-electron chi connectivity index (χ1n) is 11.5. The van der Waals surface area contributed by atoms with Gasteiger partial charge in [-0.05, 0) is 55.4 Å². The zero-order valence-electron chi connectivity index (χ0n) is 18.3. The number of hydrogen-bond donors (Lipinski definition) is 0. The quantitative estimate of drug-likeness (QED) is 0.386. The average Bonchev–Trinajstić information content (AvgIpc) is 2.76. The van der Waals surface area contributed by atoms with Crippen LogP contribution in [0.1, 0.15) is 77.3 Å². The molecule has 30 heavy (non-hydrogen) atoms. The van der Waals surface area contributed by atoms with Gasteiger partial charge in [-0.3, -0.25) is 0 Å². The molecular weight excluding hydrogens is 382 g/mol. The molecule has 3 nitrogen and oxygen atoms in total. The van der Waals surface area contributed by atoms with Gasteiger partial charge in [0.15, 0.2) is 11.6 Å². The molecule has 1 aromatic carbocycles. The van der Waals surface area contributed by atoms with Gasteiger partial charge in [0.1, 0.15) is 0 Å². The van der Waals surface area contributed by atoms with E-state index in [9.17, 15) is 8.78 Å². The Bertz CT molecular complexity index is 786. The predicted octanol–water partition coefficient (Wildman–Crippen LogP) is 7.14. The molecule has 0 amide bonds.